The van der Waals surface area contributed by atoms with Crippen molar-refractivity contribution in [3.63, 3.8) is 0 Å². The summed E-state index contributed by atoms with van der Waals surface area (Å²) in [5.74, 6) is -1.76. The van der Waals surface area contributed by atoms with Gasteiger partial charge in [-0.25, -0.2) is 4.79 Å². The summed E-state index contributed by atoms with van der Waals surface area (Å²) in [6.45, 7) is 11.4. The SMILES string of the molecule is CCCCCCCCN(C(=O)C(CC(N)=O)NC(=O)OC(C)(C)C)C(C(=O)Nc1ccc2ccccc2c1)c1cc(C)cc(C)c1. The molecule has 3 aromatic carbocycles. The van der Waals surface area contributed by atoms with Gasteiger partial charge in [-0.1, -0.05) is 98.7 Å². The number of carbonyl (C=O) groups excluding carboxylic acids is 4. The fraction of sp³-hybridized carbons (Fsp3) is 0.459. The molecule has 0 radical (unpaired) electrons. The third kappa shape index (κ3) is 11.2. The maximum Gasteiger partial charge on any atom is 0.408 e. The van der Waals surface area contributed by atoms with Gasteiger partial charge in [-0.2, -0.15) is 0 Å². The van der Waals surface area contributed by atoms with Gasteiger partial charge < -0.3 is 26.0 Å². The Kier molecular flexibility index (Phi) is 13.2. The van der Waals surface area contributed by atoms with Crippen molar-refractivity contribution in [1.29, 1.82) is 0 Å². The fourth-order valence-corrected chi connectivity index (χ4v) is 5.60. The number of amides is 4. The van der Waals surface area contributed by atoms with Gasteiger partial charge in [-0.15, -0.1) is 0 Å². The number of nitrogens with two attached hydrogens (primary N) is 1. The van der Waals surface area contributed by atoms with E-state index in [4.69, 9.17) is 10.5 Å². The Balaban J connectivity index is 2.05. The second kappa shape index (κ2) is 16.8. The summed E-state index contributed by atoms with van der Waals surface area (Å²) in [6, 6.07) is 16.9. The topological polar surface area (TPSA) is 131 Å². The van der Waals surface area contributed by atoms with Crippen molar-refractivity contribution in [2.45, 2.75) is 104 Å². The number of anilines is 1. The minimum Gasteiger partial charge on any atom is -0.444 e. The molecule has 0 spiro atoms. The van der Waals surface area contributed by atoms with E-state index >= 15 is 0 Å². The first kappa shape index (κ1) is 36.1. The number of hydrogen-bond donors (Lipinski definition) is 3. The average Bonchev–Trinajstić information content (AvgIpc) is 2.95. The molecule has 3 rings (SSSR count). The van der Waals surface area contributed by atoms with Gasteiger partial charge in [0.1, 0.15) is 17.7 Å². The second-order valence-corrected chi connectivity index (χ2v) is 13.0. The van der Waals surface area contributed by atoms with Crippen molar-refractivity contribution in [3.8, 4) is 0 Å². The van der Waals surface area contributed by atoms with Gasteiger partial charge in [-0.3, -0.25) is 14.4 Å². The van der Waals surface area contributed by atoms with Crippen LogP contribution in [0.1, 0.15) is 95.4 Å². The first-order valence-electron chi connectivity index (χ1n) is 16.2. The molecule has 46 heavy (non-hydrogen) atoms. The second-order valence-electron chi connectivity index (χ2n) is 13.0. The molecule has 0 aromatic heterocycles. The molecular weight excluding hydrogens is 580 g/mol. The highest BCUT2D eigenvalue weighted by Crippen LogP contribution is 2.28. The summed E-state index contributed by atoms with van der Waals surface area (Å²) >= 11 is 0. The lowest BCUT2D eigenvalue weighted by molar-refractivity contribution is -0.142. The molecule has 0 saturated heterocycles. The smallest absolute Gasteiger partial charge is 0.408 e. The van der Waals surface area contributed by atoms with Crippen LogP contribution in [-0.2, 0) is 19.1 Å². The zero-order valence-electron chi connectivity index (χ0n) is 28.2. The molecule has 4 amide bonds. The van der Waals surface area contributed by atoms with Crippen LogP contribution in [0.2, 0.25) is 0 Å². The Morgan fingerprint density at radius 1 is 0.848 bits per heavy atom. The predicted molar refractivity (Wildman–Crippen MR) is 183 cm³/mol. The fourth-order valence-electron chi connectivity index (χ4n) is 5.60. The maximum absolute atomic E-state index is 14.4. The number of nitrogens with one attached hydrogen (secondary N) is 2. The van der Waals surface area contributed by atoms with Crippen LogP contribution in [0.3, 0.4) is 0 Å². The number of fused-ring (bicyclic) bond motifs is 1. The third-order valence-corrected chi connectivity index (χ3v) is 7.57. The van der Waals surface area contributed by atoms with E-state index in [1.807, 2.05) is 74.5 Å². The molecule has 0 fully saturated rings. The van der Waals surface area contributed by atoms with E-state index < -0.39 is 47.9 Å². The lowest BCUT2D eigenvalue weighted by Crippen LogP contribution is -2.53. The van der Waals surface area contributed by atoms with Gasteiger partial charge in [0, 0.05) is 12.2 Å². The molecule has 0 heterocycles. The Labute approximate surface area is 273 Å². The quantitative estimate of drug-likeness (QED) is 0.154. The van der Waals surface area contributed by atoms with Gasteiger partial charge in [0.25, 0.3) is 5.91 Å². The first-order chi connectivity index (χ1) is 21.8. The molecular formula is C37H50N4O5. The van der Waals surface area contributed by atoms with Crippen molar-refractivity contribution in [2.75, 3.05) is 11.9 Å². The Hall–Kier alpha value is -4.40. The standard InChI is InChI=1S/C37H50N4O5/c1-7-8-9-10-11-14-19-41(35(44)31(24-32(38)42)40-36(45)46-37(4,5)6)33(29-21-25(2)20-26(3)22-29)34(43)39-30-18-17-27-15-12-13-16-28(27)23-30/h12-13,15-18,20-23,31,33H,7-11,14,19,24H2,1-6H3,(H2,38,42)(H,39,43)(H,40,45). The van der Waals surface area contributed by atoms with Crippen LogP contribution >= 0.6 is 0 Å². The number of hydrogen-bond acceptors (Lipinski definition) is 5. The number of carbonyl (C=O) groups is 4. The van der Waals surface area contributed by atoms with Crippen LogP contribution in [0.15, 0.2) is 60.7 Å². The lowest BCUT2D eigenvalue weighted by atomic mass is 9.97. The largest absolute Gasteiger partial charge is 0.444 e. The van der Waals surface area contributed by atoms with E-state index in [0.29, 0.717) is 17.7 Å². The number of primary amides is 1. The van der Waals surface area contributed by atoms with Crippen molar-refractivity contribution in [1.82, 2.24) is 10.2 Å². The van der Waals surface area contributed by atoms with Crippen LogP contribution in [0.4, 0.5) is 10.5 Å². The highest BCUT2D eigenvalue weighted by Gasteiger charge is 2.37. The Morgan fingerprint density at radius 2 is 1.48 bits per heavy atom. The minimum absolute atomic E-state index is 0.235. The number of aryl methyl sites for hydroxylation is 2. The lowest BCUT2D eigenvalue weighted by Gasteiger charge is -2.34. The highest BCUT2D eigenvalue weighted by molar-refractivity contribution is 6.01. The molecule has 4 N–H and O–H groups in total. The average molecular weight is 631 g/mol. The van der Waals surface area contributed by atoms with E-state index in [1.165, 1.54) is 4.90 Å². The first-order valence-corrected chi connectivity index (χ1v) is 16.2. The van der Waals surface area contributed by atoms with E-state index in [-0.39, 0.29) is 6.54 Å². The number of nitrogens with zero attached hydrogens (tertiary/aromatic N) is 1. The van der Waals surface area contributed by atoms with E-state index in [2.05, 4.69) is 17.6 Å². The predicted octanol–water partition coefficient (Wildman–Crippen LogP) is 7.09. The number of alkyl carbamates (subject to hydrolysis) is 1. The van der Waals surface area contributed by atoms with Crippen LogP contribution in [0.5, 0.6) is 0 Å². The van der Waals surface area contributed by atoms with E-state index in [9.17, 15) is 19.2 Å². The zero-order chi connectivity index (χ0) is 33.9. The summed E-state index contributed by atoms with van der Waals surface area (Å²) in [5, 5.41) is 7.60. The molecule has 2 atom stereocenters. The monoisotopic (exact) mass is 630 g/mol. The number of ether oxygens (including phenoxy) is 1. The zero-order valence-corrected chi connectivity index (χ0v) is 28.2. The van der Waals surface area contributed by atoms with Crippen molar-refractivity contribution in [3.05, 3.63) is 77.4 Å². The normalized spacial score (nSPS) is 12.7. The van der Waals surface area contributed by atoms with Crippen LogP contribution in [0, 0.1) is 13.8 Å². The molecule has 9 heteroatoms. The van der Waals surface area contributed by atoms with Gasteiger partial charge in [0.05, 0.1) is 6.42 Å². The maximum atomic E-state index is 14.4. The molecule has 9 nitrogen and oxygen atoms in total. The van der Waals surface area contributed by atoms with Gasteiger partial charge in [0.2, 0.25) is 11.8 Å². The molecule has 0 aliphatic carbocycles. The highest BCUT2D eigenvalue weighted by atomic mass is 16.6. The Bertz CT molecular complexity index is 1490. The van der Waals surface area contributed by atoms with Gasteiger partial charge in [-0.05, 0) is 69.5 Å². The number of unbranched alkanes of at least 4 members (excludes halogenated alkanes) is 5. The molecule has 248 valence electrons. The summed E-state index contributed by atoms with van der Waals surface area (Å²) < 4.78 is 5.40. The van der Waals surface area contributed by atoms with E-state index in [0.717, 1.165) is 54.0 Å². The molecule has 0 aliphatic rings. The minimum atomic E-state index is -1.32. The van der Waals surface area contributed by atoms with Crippen molar-refractivity contribution in [2.24, 2.45) is 5.73 Å². The van der Waals surface area contributed by atoms with Crippen molar-refractivity contribution >= 4 is 40.3 Å². The van der Waals surface area contributed by atoms with Crippen LogP contribution in [0.25, 0.3) is 10.8 Å². The van der Waals surface area contributed by atoms with Crippen molar-refractivity contribution < 1.29 is 23.9 Å². The summed E-state index contributed by atoms with van der Waals surface area (Å²) in [6.07, 6.45) is 4.51. The van der Waals surface area contributed by atoms with Crippen LogP contribution < -0.4 is 16.4 Å². The van der Waals surface area contributed by atoms with E-state index in [1.54, 1.807) is 20.8 Å². The van der Waals surface area contributed by atoms with Gasteiger partial charge in [0.15, 0.2) is 0 Å². The molecule has 3 aromatic rings. The number of rotatable bonds is 15. The number of benzene rings is 3. The summed E-state index contributed by atoms with van der Waals surface area (Å²) in [7, 11) is 0. The summed E-state index contributed by atoms with van der Waals surface area (Å²) in [5.41, 5.74) is 7.82. The molecule has 2 unspecified atom stereocenters. The third-order valence-electron chi connectivity index (χ3n) is 7.57. The molecule has 0 saturated carbocycles. The summed E-state index contributed by atoms with van der Waals surface area (Å²) in [4.78, 5) is 55.2. The van der Waals surface area contributed by atoms with Crippen LogP contribution in [-0.4, -0.2) is 46.9 Å². The Morgan fingerprint density at radius 3 is 2.11 bits per heavy atom. The molecule has 0 aliphatic heterocycles. The molecule has 0 bridgehead atoms. The van der Waals surface area contributed by atoms with Gasteiger partial charge >= 0.3 is 6.09 Å².